The highest BCUT2D eigenvalue weighted by Crippen LogP contribution is 2.30. The van der Waals surface area contributed by atoms with Crippen LogP contribution in [0.5, 0.6) is 0 Å². The van der Waals surface area contributed by atoms with Gasteiger partial charge in [-0.25, -0.2) is 4.98 Å². The number of thioether (sulfide) groups is 1. The molecule has 1 fully saturated rings. The highest BCUT2D eigenvalue weighted by molar-refractivity contribution is 7.97. The Labute approximate surface area is 195 Å². The molecule has 9 heteroatoms. The van der Waals surface area contributed by atoms with Gasteiger partial charge in [-0.05, 0) is 42.9 Å². The molecule has 1 amide bonds. The van der Waals surface area contributed by atoms with Crippen molar-refractivity contribution in [2.24, 2.45) is 0 Å². The molecule has 1 aromatic heterocycles. The Morgan fingerprint density at radius 3 is 2.64 bits per heavy atom. The molecule has 0 saturated carbocycles. The Morgan fingerprint density at radius 1 is 1.15 bits per heavy atom. The van der Waals surface area contributed by atoms with Gasteiger partial charge in [0.1, 0.15) is 12.4 Å². The van der Waals surface area contributed by atoms with Gasteiger partial charge in [0.2, 0.25) is 5.91 Å². The van der Waals surface area contributed by atoms with Crippen LogP contribution in [0.3, 0.4) is 0 Å². The van der Waals surface area contributed by atoms with Gasteiger partial charge in [0.15, 0.2) is 0 Å². The fraction of sp³-hybridized carbons (Fsp3) is 0.417. The summed E-state index contributed by atoms with van der Waals surface area (Å²) in [4.78, 5) is 19.6. The molecule has 1 N–H and O–H groups in total. The molecule has 1 aliphatic rings. The van der Waals surface area contributed by atoms with Gasteiger partial charge < -0.3 is 9.88 Å². The van der Waals surface area contributed by atoms with E-state index in [-0.39, 0.29) is 18.5 Å². The van der Waals surface area contributed by atoms with Crippen LogP contribution < -0.4 is 5.32 Å². The van der Waals surface area contributed by atoms with Gasteiger partial charge in [0, 0.05) is 25.7 Å². The van der Waals surface area contributed by atoms with Crippen LogP contribution in [0.25, 0.3) is 11.0 Å². The van der Waals surface area contributed by atoms with Crippen LogP contribution in [0, 0.1) is 0 Å². The Bertz CT molecular complexity index is 1110. The molecule has 0 atom stereocenters. The first-order valence-corrected chi connectivity index (χ1v) is 12.3. The van der Waals surface area contributed by atoms with Crippen LogP contribution in [-0.4, -0.2) is 45.7 Å². The number of benzene rings is 2. The van der Waals surface area contributed by atoms with E-state index in [4.69, 9.17) is 0 Å². The van der Waals surface area contributed by atoms with Crippen molar-refractivity contribution in [1.29, 1.82) is 0 Å². The van der Waals surface area contributed by atoms with Crippen molar-refractivity contribution in [3.05, 3.63) is 65.5 Å². The Hall–Kier alpha value is -2.52. The summed E-state index contributed by atoms with van der Waals surface area (Å²) >= 11 is 1.67. The van der Waals surface area contributed by atoms with Gasteiger partial charge in [-0.3, -0.25) is 9.69 Å². The predicted molar refractivity (Wildman–Crippen MR) is 125 cm³/mol. The predicted octanol–water partition coefficient (Wildman–Crippen LogP) is 4.70. The third-order valence-corrected chi connectivity index (χ3v) is 6.47. The van der Waals surface area contributed by atoms with Gasteiger partial charge >= 0.3 is 6.18 Å². The number of hydrogen-bond acceptors (Lipinski definition) is 4. The van der Waals surface area contributed by atoms with E-state index in [0.29, 0.717) is 12.1 Å². The van der Waals surface area contributed by atoms with Crippen LogP contribution >= 0.6 is 11.8 Å². The average molecular weight is 477 g/mol. The summed E-state index contributed by atoms with van der Waals surface area (Å²) in [6.07, 6.45) is -0.777. The summed E-state index contributed by atoms with van der Waals surface area (Å²) in [6.45, 7) is 2.16. The van der Waals surface area contributed by atoms with Crippen LogP contribution in [0.2, 0.25) is 0 Å². The number of piperidine rings is 1. The minimum absolute atomic E-state index is 0.0446. The van der Waals surface area contributed by atoms with E-state index in [9.17, 15) is 18.0 Å². The number of nitrogens with zero attached hydrogens (tertiary/aromatic N) is 3. The van der Waals surface area contributed by atoms with Crippen LogP contribution in [0.1, 0.15) is 29.8 Å². The molecule has 0 radical (unpaired) electrons. The Morgan fingerprint density at radius 2 is 1.91 bits per heavy atom. The summed E-state index contributed by atoms with van der Waals surface area (Å²) in [7, 11) is 0. The van der Waals surface area contributed by atoms with Crippen LogP contribution in [0.4, 0.5) is 13.2 Å². The topological polar surface area (TPSA) is 50.2 Å². The number of carbonyl (C=O) groups is 1. The van der Waals surface area contributed by atoms with Crippen molar-refractivity contribution >= 4 is 28.7 Å². The second-order valence-electron chi connectivity index (χ2n) is 8.35. The lowest BCUT2D eigenvalue weighted by Gasteiger charge is -2.32. The van der Waals surface area contributed by atoms with Crippen molar-refractivity contribution in [2.45, 2.75) is 43.9 Å². The first-order valence-electron chi connectivity index (χ1n) is 10.9. The lowest BCUT2D eigenvalue weighted by molar-refractivity contribution is -0.137. The highest BCUT2D eigenvalue weighted by atomic mass is 32.2. The van der Waals surface area contributed by atoms with E-state index in [1.807, 2.05) is 35.1 Å². The zero-order chi connectivity index (χ0) is 23.4. The number of hydrogen-bond donors (Lipinski definition) is 1. The standard InChI is InChI=1S/C24H27F3N4OS/c1-33-16-22-29-20-7-2-3-8-21(20)31(22)15-23(32)28-19-9-11-30(12-10-19)14-17-5-4-6-18(13-17)24(25,26)27/h2-8,13,19H,9-12,14-16H2,1H3,(H,28,32). The van der Waals surface area contributed by atoms with Gasteiger partial charge in [-0.2, -0.15) is 24.9 Å². The second-order valence-corrected chi connectivity index (χ2v) is 9.22. The van der Waals surface area contributed by atoms with Gasteiger partial charge in [0.25, 0.3) is 0 Å². The fourth-order valence-electron chi connectivity index (χ4n) is 4.30. The fourth-order valence-corrected chi connectivity index (χ4v) is 4.78. The molecule has 33 heavy (non-hydrogen) atoms. The minimum atomic E-state index is -4.33. The van der Waals surface area contributed by atoms with Crippen molar-refractivity contribution < 1.29 is 18.0 Å². The molecule has 1 saturated heterocycles. The lowest BCUT2D eigenvalue weighted by atomic mass is 10.0. The van der Waals surface area contributed by atoms with E-state index in [1.165, 1.54) is 12.1 Å². The van der Waals surface area contributed by atoms with E-state index < -0.39 is 11.7 Å². The van der Waals surface area contributed by atoms with E-state index in [0.717, 1.165) is 54.6 Å². The molecule has 0 bridgehead atoms. The zero-order valence-corrected chi connectivity index (χ0v) is 19.3. The molecular formula is C24H27F3N4OS. The number of nitrogens with one attached hydrogen (secondary N) is 1. The molecule has 2 heterocycles. The van der Waals surface area contributed by atoms with Crippen molar-refractivity contribution in [1.82, 2.24) is 19.8 Å². The van der Waals surface area contributed by atoms with Crippen LogP contribution in [0.15, 0.2) is 48.5 Å². The SMILES string of the molecule is CSCc1nc2ccccc2n1CC(=O)NC1CCN(Cc2cccc(C(F)(F)F)c2)CC1. The Balaban J connectivity index is 1.31. The number of para-hydroxylation sites is 2. The summed E-state index contributed by atoms with van der Waals surface area (Å²) in [5, 5.41) is 3.13. The molecule has 0 aliphatic carbocycles. The third kappa shape index (κ3) is 5.89. The zero-order valence-electron chi connectivity index (χ0n) is 18.4. The highest BCUT2D eigenvalue weighted by Gasteiger charge is 2.30. The number of fused-ring (bicyclic) bond motifs is 1. The quantitative estimate of drug-likeness (QED) is 0.537. The number of rotatable bonds is 7. The molecule has 0 spiro atoms. The van der Waals surface area contributed by atoms with Crippen LogP contribution in [-0.2, 0) is 29.8 Å². The van der Waals surface area contributed by atoms with E-state index in [1.54, 1.807) is 17.8 Å². The number of likely N-dealkylation sites (tertiary alicyclic amines) is 1. The number of halogens is 3. The lowest BCUT2D eigenvalue weighted by Crippen LogP contribution is -2.45. The molecule has 5 nitrogen and oxygen atoms in total. The van der Waals surface area contributed by atoms with Gasteiger partial charge in [-0.15, -0.1) is 0 Å². The molecule has 3 aromatic rings. The first kappa shape index (κ1) is 23.6. The minimum Gasteiger partial charge on any atom is -0.352 e. The van der Waals surface area contributed by atoms with Crippen molar-refractivity contribution in [3.8, 4) is 0 Å². The van der Waals surface area contributed by atoms with Crippen molar-refractivity contribution in [2.75, 3.05) is 19.3 Å². The van der Waals surface area contributed by atoms with Crippen molar-refractivity contribution in [3.63, 3.8) is 0 Å². The maximum Gasteiger partial charge on any atom is 0.416 e. The van der Waals surface area contributed by atoms with Gasteiger partial charge in [0.05, 0.1) is 22.3 Å². The number of alkyl halides is 3. The maximum atomic E-state index is 12.9. The van der Waals surface area contributed by atoms with E-state index >= 15 is 0 Å². The normalized spacial score (nSPS) is 15.8. The maximum absolute atomic E-state index is 12.9. The third-order valence-electron chi connectivity index (χ3n) is 5.92. The number of imidazole rings is 1. The number of aromatic nitrogens is 2. The molecule has 176 valence electrons. The number of amides is 1. The monoisotopic (exact) mass is 476 g/mol. The largest absolute Gasteiger partial charge is 0.416 e. The summed E-state index contributed by atoms with van der Waals surface area (Å²) in [5.41, 5.74) is 1.88. The smallest absolute Gasteiger partial charge is 0.352 e. The average Bonchev–Trinajstić information content (AvgIpc) is 3.12. The first-order chi connectivity index (χ1) is 15.8. The second kappa shape index (κ2) is 10.2. The molecule has 4 rings (SSSR count). The summed E-state index contributed by atoms with van der Waals surface area (Å²) in [6, 6.07) is 13.4. The molecular weight excluding hydrogens is 449 g/mol. The van der Waals surface area contributed by atoms with E-state index in [2.05, 4.69) is 15.2 Å². The summed E-state index contributed by atoms with van der Waals surface area (Å²) in [5.74, 6) is 1.57. The Kier molecular flexibility index (Phi) is 7.29. The molecule has 1 aliphatic heterocycles. The summed E-state index contributed by atoms with van der Waals surface area (Å²) < 4.78 is 40.8. The number of carbonyl (C=O) groups excluding carboxylic acids is 1. The van der Waals surface area contributed by atoms with Gasteiger partial charge in [-0.1, -0.05) is 30.3 Å². The molecule has 2 aromatic carbocycles. The molecule has 0 unspecified atom stereocenters.